The maximum absolute atomic E-state index is 12.9. The molecule has 4 aromatic rings. The molecule has 0 radical (unpaired) electrons. The van der Waals surface area contributed by atoms with Gasteiger partial charge in [-0.15, -0.1) is 0 Å². The van der Waals surface area contributed by atoms with Gasteiger partial charge in [0.05, 0.1) is 43.4 Å². The number of fused-ring (bicyclic) bond motifs is 4. The molecule has 6 rings (SSSR count). The fourth-order valence-electron chi connectivity index (χ4n) is 4.22. The van der Waals surface area contributed by atoms with Crippen LogP contribution in [0, 0.1) is 6.92 Å². The highest BCUT2D eigenvalue weighted by atomic mass is 16.5. The molecule has 0 spiro atoms. The number of nitrogens with one attached hydrogen (secondary N) is 1. The maximum Gasteiger partial charge on any atom is 0.349 e. The SMILES string of the molecule is Cc1cc2ncnn2cc1Nc1ncc2c(n1)n(N1C[C@@H]3C[C@H]1CO3)c(=O)n2C. The van der Waals surface area contributed by atoms with Crippen molar-refractivity contribution in [1.29, 1.82) is 0 Å². The van der Waals surface area contributed by atoms with Gasteiger partial charge in [0.1, 0.15) is 11.8 Å². The van der Waals surface area contributed by atoms with Gasteiger partial charge < -0.3 is 10.1 Å². The molecule has 0 saturated carbocycles. The molecule has 2 aliphatic heterocycles. The summed E-state index contributed by atoms with van der Waals surface area (Å²) in [7, 11) is 1.74. The first-order valence-corrected chi connectivity index (χ1v) is 9.48. The Morgan fingerprint density at radius 3 is 3.00 bits per heavy atom. The van der Waals surface area contributed by atoms with Crippen molar-refractivity contribution in [2.75, 3.05) is 23.5 Å². The zero-order valence-corrected chi connectivity index (χ0v) is 16.0. The molecule has 0 aliphatic carbocycles. The second kappa shape index (κ2) is 5.77. The van der Waals surface area contributed by atoms with Crippen LogP contribution in [0.15, 0.2) is 29.6 Å². The van der Waals surface area contributed by atoms with Gasteiger partial charge in [0, 0.05) is 7.05 Å². The third kappa shape index (κ3) is 2.37. The van der Waals surface area contributed by atoms with E-state index in [1.165, 1.54) is 6.33 Å². The van der Waals surface area contributed by atoms with Crippen molar-refractivity contribution < 1.29 is 4.74 Å². The van der Waals surface area contributed by atoms with Crippen LogP contribution in [-0.2, 0) is 11.8 Å². The Balaban J connectivity index is 1.44. The summed E-state index contributed by atoms with van der Waals surface area (Å²) in [5, 5.41) is 9.49. The van der Waals surface area contributed by atoms with Gasteiger partial charge in [0.25, 0.3) is 0 Å². The van der Waals surface area contributed by atoms with E-state index in [4.69, 9.17) is 4.74 Å². The number of morpholine rings is 1. The van der Waals surface area contributed by atoms with Crippen LogP contribution in [0.2, 0.25) is 0 Å². The van der Waals surface area contributed by atoms with Crippen molar-refractivity contribution in [3.63, 3.8) is 0 Å². The van der Waals surface area contributed by atoms with Crippen molar-refractivity contribution >= 4 is 28.4 Å². The highest BCUT2D eigenvalue weighted by Crippen LogP contribution is 2.27. The van der Waals surface area contributed by atoms with Gasteiger partial charge >= 0.3 is 5.69 Å². The standard InChI is InChI=1S/C18H19N9O2/c1-10-3-15-20-9-21-25(15)7-13(10)22-17-19-5-14-16(23-17)27(18(28)24(14)2)26-6-12-4-11(26)8-29-12/h3,5,7,9,11-12H,4,6,8H2,1-2H3,(H,19,22,23)/t11-,12-/m0/s1. The largest absolute Gasteiger partial charge is 0.374 e. The van der Waals surface area contributed by atoms with E-state index in [-0.39, 0.29) is 17.8 Å². The predicted octanol–water partition coefficient (Wildman–Crippen LogP) is 0.334. The lowest BCUT2D eigenvalue weighted by Crippen LogP contribution is -2.49. The number of rotatable bonds is 3. The molecule has 1 N–H and O–H groups in total. The summed E-state index contributed by atoms with van der Waals surface area (Å²) in [4.78, 5) is 26.2. The Morgan fingerprint density at radius 2 is 2.21 bits per heavy atom. The molecule has 0 unspecified atom stereocenters. The van der Waals surface area contributed by atoms with Crippen molar-refractivity contribution in [2.24, 2.45) is 7.05 Å². The smallest absolute Gasteiger partial charge is 0.349 e. The maximum atomic E-state index is 12.9. The van der Waals surface area contributed by atoms with Gasteiger partial charge in [-0.3, -0.25) is 9.58 Å². The summed E-state index contributed by atoms with van der Waals surface area (Å²) >= 11 is 0. The Kier molecular flexibility index (Phi) is 3.28. The number of ether oxygens (including phenoxy) is 1. The average Bonchev–Trinajstić information content (AvgIpc) is 3.48. The van der Waals surface area contributed by atoms with Crippen LogP contribution in [0.5, 0.6) is 0 Å². The number of aromatic nitrogens is 7. The average molecular weight is 393 g/mol. The first kappa shape index (κ1) is 16.5. The van der Waals surface area contributed by atoms with Crippen molar-refractivity contribution in [1.82, 2.24) is 33.8 Å². The first-order valence-electron chi connectivity index (χ1n) is 9.48. The third-order valence-corrected chi connectivity index (χ3v) is 5.78. The fourth-order valence-corrected chi connectivity index (χ4v) is 4.22. The molecule has 4 aromatic heterocycles. The lowest BCUT2D eigenvalue weighted by Gasteiger charge is -2.28. The summed E-state index contributed by atoms with van der Waals surface area (Å²) < 4.78 is 10.6. The summed E-state index contributed by atoms with van der Waals surface area (Å²) in [6.45, 7) is 3.31. The molecule has 148 valence electrons. The minimum atomic E-state index is -0.126. The normalized spacial score (nSPS) is 21.0. The van der Waals surface area contributed by atoms with Crippen LogP contribution in [0.25, 0.3) is 16.8 Å². The van der Waals surface area contributed by atoms with Gasteiger partial charge in [-0.2, -0.15) is 14.8 Å². The van der Waals surface area contributed by atoms with Crippen LogP contribution >= 0.6 is 0 Å². The zero-order chi connectivity index (χ0) is 19.7. The molecule has 11 nitrogen and oxygen atoms in total. The number of hydrogen-bond acceptors (Lipinski definition) is 8. The molecule has 11 heteroatoms. The summed E-state index contributed by atoms with van der Waals surface area (Å²) in [6, 6.07) is 2.14. The Bertz CT molecular complexity index is 1320. The number of nitrogens with zero attached hydrogens (tertiary/aromatic N) is 8. The minimum absolute atomic E-state index is 0.126. The van der Waals surface area contributed by atoms with Gasteiger partial charge in [-0.05, 0) is 25.0 Å². The zero-order valence-electron chi connectivity index (χ0n) is 16.0. The highest BCUT2D eigenvalue weighted by molar-refractivity contribution is 5.73. The molecule has 6 heterocycles. The summed E-state index contributed by atoms with van der Waals surface area (Å²) in [5.74, 6) is 0.417. The van der Waals surface area contributed by atoms with E-state index in [1.807, 2.05) is 19.2 Å². The van der Waals surface area contributed by atoms with E-state index >= 15 is 0 Å². The Morgan fingerprint density at radius 1 is 1.31 bits per heavy atom. The fraction of sp³-hybridized carbons (Fsp3) is 0.389. The molecule has 29 heavy (non-hydrogen) atoms. The molecule has 0 amide bonds. The molecule has 0 aromatic carbocycles. The van der Waals surface area contributed by atoms with Crippen LogP contribution in [0.1, 0.15) is 12.0 Å². The van der Waals surface area contributed by atoms with Crippen LogP contribution < -0.4 is 16.0 Å². The van der Waals surface area contributed by atoms with E-state index < -0.39 is 0 Å². The van der Waals surface area contributed by atoms with E-state index in [9.17, 15) is 4.79 Å². The Labute approximate surface area is 164 Å². The van der Waals surface area contributed by atoms with E-state index in [1.54, 1.807) is 27.0 Å². The summed E-state index contributed by atoms with van der Waals surface area (Å²) in [6.07, 6.45) is 6.16. The van der Waals surface area contributed by atoms with Crippen molar-refractivity contribution in [3.05, 3.63) is 40.8 Å². The number of aryl methyl sites for hydroxylation is 2. The Hall–Kier alpha value is -3.47. The molecule has 2 bridgehead atoms. The summed E-state index contributed by atoms with van der Waals surface area (Å²) in [5.41, 5.74) is 3.73. The van der Waals surface area contributed by atoms with E-state index in [0.29, 0.717) is 30.3 Å². The topological polar surface area (TPSA) is 107 Å². The molecule has 2 fully saturated rings. The molecular weight excluding hydrogens is 374 g/mol. The predicted molar refractivity (Wildman–Crippen MR) is 105 cm³/mol. The third-order valence-electron chi connectivity index (χ3n) is 5.78. The van der Waals surface area contributed by atoms with Gasteiger partial charge in [-0.1, -0.05) is 0 Å². The lowest BCUT2D eigenvalue weighted by molar-refractivity contribution is 0.0909. The number of imidazole rings is 1. The highest BCUT2D eigenvalue weighted by Gasteiger charge is 2.41. The quantitative estimate of drug-likeness (QED) is 0.531. The first-order chi connectivity index (χ1) is 14.1. The molecule has 2 saturated heterocycles. The van der Waals surface area contributed by atoms with Crippen LogP contribution in [-0.4, -0.2) is 59.1 Å². The second-order valence-corrected chi connectivity index (χ2v) is 7.58. The number of pyridine rings is 1. The van der Waals surface area contributed by atoms with Gasteiger partial charge in [0.2, 0.25) is 5.95 Å². The van der Waals surface area contributed by atoms with E-state index in [2.05, 4.69) is 30.4 Å². The van der Waals surface area contributed by atoms with Crippen molar-refractivity contribution in [2.45, 2.75) is 25.5 Å². The second-order valence-electron chi connectivity index (χ2n) is 7.58. The molecular formula is C18H19N9O2. The van der Waals surface area contributed by atoms with Gasteiger partial charge in [0.15, 0.2) is 11.3 Å². The van der Waals surface area contributed by atoms with Crippen LogP contribution in [0.3, 0.4) is 0 Å². The van der Waals surface area contributed by atoms with Gasteiger partial charge in [-0.25, -0.2) is 19.3 Å². The minimum Gasteiger partial charge on any atom is -0.374 e. The van der Waals surface area contributed by atoms with Crippen molar-refractivity contribution in [3.8, 4) is 0 Å². The lowest BCUT2D eigenvalue weighted by atomic mass is 10.2. The van der Waals surface area contributed by atoms with E-state index in [0.717, 1.165) is 23.3 Å². The molecule has 2 atom stereocenters. The molecule has 2 aliphatic rings. The number of hydrogen-bond donors (Lipinski definition) is 1. The van der Waals surface area contributed by atoms with Crippen LogP contribution in [0.4, 0.5) is 11.6 Å². The monoisotopic (exact) mass is 393 g/mol. The number of anilines is 2.